The molecular formula is C14H15N3O6S. The van der Waals surface area contributed by atoms with Gasteiger partial charge in [-0.1, -0.05) is 0 Å². The lowest BCUT2D eigenvalue weighted by Crippen LogP contribution is -2.54. The Labute approximate surface area is 141 Å². The van der Waals surface area contributed by atoms with Crippen molar-refractivity contribution < 1.29 is 33.4 Å². The molecule has 2 heterocycles. The van der Waals surface area contributed by atoms with E-state index in [2.05, 4.69) is 4.79 Å². The highest BCUT2D eigenvalue weighted by Gasteiger charge is 2.49. The largest absolute Gasteiger partial charge is 0.427 e. The maximum absolute atomic E-state index is 12.2. The van der Waals surface area contributed by atoms with Gasteiger partial charge in [-0.25, -0.2) is 4.79 Å². The number of hydrogen-bond acceptors (Lipinski definition) is 7. The van der Waals surface area contributed by atoms with Gasteiger partial charge in [-0.2, -0.15) is 4.79 Å². The molecule has 128 valence electrons. The summed E-state index contributed by atoms with van der Waals surface area (Å²) in [5.41, 5.74) is 7.89. The average Bonchev–Trinajstić information content (AvgIpc) is 2.54. The van der Waals surface area contributed by atoms with Crippen LogP contribution in [0.5, 0.6) is 0 Å². The highest BCUT2D eigenvalue weighted by atomic mass is 32.2. The molecule has 0 aromatic carbocycles. The Kier molecular flexibility index (Phi) is 4.91. The van der Waals surface area contributed by atoms with Crippen molar-refractivity contribution in [1.29, 1.82) is 0 Å². The van der Waals surface area contributed by atoms with E-state index in [0.717, 1.165) is 11.8 Å². The first-order valence-corrected chi connectivity index (χ1v) is 7.83. The molecule has 2 aliphatic heterocycles. The molecule has 0 unspecified atom stereocenters. The van der Waals surface area contributed by atoms with E-state index in [1.165, 1.54) is 25.7 Å². The van der Waals surface area contributed by atoms with Crippen LogP contribution >= 0.6 is 11.8 Å². The minimum absolute atomic E-state index is 0.0477. The fourth-order valence-electron chi connectivity index (χ4n) is 2.04. The molecule has 2 rings (SSSR count). The molecule has 1 amide bonds. The molecule has 2 aliphatic rings. The number of rotatable bonds is 5. The zero-order valence-electron chi connectivity index (χ0n) is 13.3. The number of carbonyl (C=O) groups is 4. The summed E-state index contributed by atoms with van der Waals surface area (Å²) in [4.78, 5) is 50.7. The quantitative estimate of drug-likeness (QED) is 0.134. The molecule has 1 saturated heterocycles. The van der Waals surface area contributed by atoms with E-state index in [1.807, 2.05) is 0 Å². The highest BCUT2D eigenvalue weighted by molar-refractivity contribution is 8.14. The molecule has 0 saturated carbocycles. The van der Waals surface area contributed by atoms with Gasteiger partial charge in [0.1, 0.15) is 22.8 Å². The summed E-state index contributed by atoms with van der Waals surface area (Å²) in [5.74, 6) is -1.98. The van der Waals surface area contributed by atoms with Crippen LogP contribution in [0, 0.1) is 5.41 Å². The van der Waals surface area contributed by atoms with Gasteiger partial charge in [0.25, 0.3) is 0 Å². The van der Waals surface area contributed by atoms with Crippen molar-refractivity contribution in [3.8, 4) is 0 Å². The average molecular weight is 353 g/mol. The van der Waals surface area contributed by atoms with Gasteiger partial charge in [-0.05, 0) is 32.5 Å². The Morgan fingerprint density at radius 2 is 2.12 bits per heavy atom. The number of hydrogen-bond donors (Lipinski definition) is 0. The van der Waals surface area contributed by atoms with Gasteiger partial charge >= 0.3 is 17.0 Å². The van der Waals surface area contributed by atoms with E-state index in [1.54, 1.807) is 0 Å². The fourth-order valence-corrected chi connectivity index (χ4v) is 3.17. The van der Waals surface area contributed by atoms with Gasteiger partial charge < -0.3 is 19.8 Å². The smallest absolute Gasteiger partial charge is 0.358 e. The first-order valence-electron chi connectivity index (χ1n) is 6.95. The van der Waals surface area contributed by atoms with Crippen LogP contribution < -0.4 is 0 Å². The standard InChI is InChI=1S/C14H15N3O6S/c1-7-10(17-8(19)4-9(17)24-11(7)16-15)12(20)22-6-23-13(21)14(2,3)5-18/h5,9H,4,6H2,1-3H3/t9-/m0/s1. The van der Waals surface area contributed by atoms with Crippen LogP contribution in [-0.4, -0.2) is 51.0 Å². The Morgan fingerprint density at radius 1 is 1.46 bits per heavy atom. The topological polar surface area (TPSA) is 126 Å². The number of thioether (sulfide) groups is 1. The lowest BCUT2D eigenvalue weighted by atomic mass is 9.97. The summed E-state index contributed by atoms with van der Waals surface area (Å²) in [6.45, 7) is 3.55. The zero-order valence-corrected chi connectivity index (χ0v) is 14.1. The third-order valence-electron chi connectivity index (χ3n) is 3.56. The van der Waals surface area contributed by atoms with Crippen LogP contribution in [0.4, 0.5) is 0 Å². The second kappa shape index (κ2) is 6.58. The number of fused-ring (bicyclic) bond motifs is 1. The van der Waals surface area contributed by atoms with Crippen LogP contribution in [-0.2, 0) is 28.7 Å². The molecule has 24 heavy (non-hydrogen) atoms. The zero-order chi connectivity index (χ0) is 18.1. The second-order valence-corrected chi connectivity index (χ2v) is 6.91. The number of carbonyl (C=O) groups excluding carboxylic acids is 4. The summed E-state index contributed by atoms with van der Waals surface area (Å²) in [6, 6.07) is 0. The molecule has 0 N–H and O–H groups in total. The molecular weight excluding hydrogens is 338 g/mol. The first-order chi connectivity index (χ1) is 11.2. The van der Waals surface area contributed by atoms with Gasteiger partial charge in [-0.15, -0.1) is 0 Å². The van der Waals surface area contributed by atoms with Gasteiger partial charge in [0.05, 0.1) is 12.0 Å². The number of esters is 2. The third kappa shape index (κ3) is 3.10. The number of ether oxygens (including phenoxy) is 2. The van der Waals surface area contributed by atoms with E-state index in [9.17, 15) is 19.2 Å². The van der Waals surface area contributed by atoms with E-state index in [0.29, 0.717) is 6.29 Å². The molecule has 9 nitrogen and oxygen atoms in total. The van der Waals surface area contributed by atoms with Crippen LogP contribution in [0.1, 0.15) is 27.2 Å². The van der Waals surface area contributed by atoms with Crippen LogP contribution in [0.2, 0.25) is 0 Å². The second-order valence-electron chi connectivity index (χ2n) is 5.74. The Balaban J connectivity index is 2.08. The first kappa shape index (κ1) is 17.9. The van der Waals surface area contributed by atoms with E-state index in [4.69, 9.17) is 15.0 Å². The molecule has 0 aliphatic carbocycles. The molecule has 10 heteroatoms. The van der Waals surface area contributed by atoms with Gasteiger partial charge in [-0.3, -0.25) is 14.5 Å². The maximum atomic E-state index is 12.2. The van der Waals surface area contributed by atoms with Gasteiger partial charge in [0.2, 0.25) is 12.7 Å². The lowest BCUT2D eigenvalue weighted by Gasteiger charge is -2.41. The minimum atomic E-state index is -1.35. The normalized spacial score (nSPS) is 20.0. The number of aldehydes is 1. The minimum Gasteiger partial charge on any atom is -0.427 e. The molecule has 0 bridgehead atoms. The highest BCUT2D eigenvalue weighted by Crippen LogP contribution is 2.40. The van der Waals surface area contributed by atoms with Gasteiger partial charge in [0, 0.05) is 0 Å². The summed E-state index contributed by atoms with van der Waals surface area (Å²) in [7, 11) is 0. The summed E-state index contributed by atoms with van der Waals surface area (Å²) >= 11 is 1.16. The number of amides is 1. The van der Waals surface area contributed by atoms with Crippen LogP contribution in [0.15, 0.2) is 11.3 Å². The predicted octanol–water partition coefficient (Wildman–Crippen LogP) is 0.463. The lowest BCUT2D eigenvalue weighted by molar-refractivity contribution is -0.173. The molecule has 0 aromatic heterocycles. The number of β-lactam (4-membered cyclic amide) rings is 1. The van der Waals surface area contributed by atoms with Crippen molar-refractivity contribution in [2.24, 2.45) is 5.41 Å². The summed E-state index contributed by atoms with van der Waals surface area (Å²) < 4.78 is 9.59. The molecule has 0 spiro atoms. The number of nitrogens with zero attached hydrogens (tertiary/aromatic N) is 3. The Morgan fingerprint density at radius 3 is 2.67 bits per heavy atom. The summed E-state index contributed by atoms with van der Waals surface area (Å²) in [6.07, 6.45) is 0.645. The van der Waals surface area contributed by atoms with E-state index >= 15 is 0 Å². The van der Waals surface area contributed by atoms with Crippen molar-refractivity contribution in [2.75, 3.05) is 6.79 Å². The van der Waals surface area contributed by atoms with Crippen molar-refractivity contribution in [3.63, 3.8) is 0 Å². The van der Waals surface area contributed by atoms with Crippen molar-refractivity contribution in [3.05, 3.63) is 16.8 Å². The fraction of sp³-hybridized carbons (Fsp3) is 0.500. The SMILES string of the molecule is CC1=C(C(=O)OCOC(=O)C(C)(C)C=O)N2C(=O)C[C@@H]2SC1=[N+]=[N-]. The van der Waals surface area contributed by atoms with Crippen LogP contribution in [0.3, 0.4) is 0 Å². The van der Waals surface area contributed by atoms with E-state index < -0.39 is 24.1 Å². The molecule has 0 radical (unpaired) electrons. The molecule has 1 atom stereocenters. The van der Waals surface area contributed by atoms with Crippen molar-refractivity contribution >= 4 is 40.9 Å². The van der Waals surface area contributed by atoms with Crippen molar-refractivity contribution in [1.82, 2.24) is 4.90 Å². The Bertz CT molecular complexity index is 707. The molecule has 0 aromatic rings. The van der Waals surface area contributed by atoms with E-state index in [-0.39, 0.29) is 34.0 Å². The predicted molar refractivity (Wildman–Crippen MR) is 81.1 cm³/mol. The monoisotopic (exact) mass is 353 g/mol. The maximum Gasteiger partial charge on any atom is 0.358 e. The van der Waals surface area contributed by atoms with Crippen molar-refractivity contribution in [2.45, 2.75) is 32.6 Å². The Hall–Kier alpha value is -2.45. The summed E-state index contributed by atoms with van der Waals surface area (Å²) in [5, 5.41) is -0.110. The third-order valence-corrected chi connectivity index (χ3v) is 4.82. The molecule has 1 fully saturated rings. The van der Waals surface area contributed by atoms with Gasteiger partial charge in [0.15, 0.2) is 0 Å². The van der Waals surface area contributed by atoms with Crippen LogP contribution in [0.25, 0.3) is 5.53 Å².